The highest BCUT2D eigenvalue weighted by atomic mass is 16.5. The van der Waals surface area contributed by atoms with E-state index in [0.717, 1.165) is 37.7 Å². The zero-order valence-corrected chi connectivity index (χ0v) is 14.0. The molecule has 1 aromatic rings. The van der Waals surface area contributed by atoms with Crippen molar-refractivity contribution in [3.63, 3.8) is 0 Å². The fourth-order valence-corrected chi connectivity index (χ4v) is 2.14. The Labute approximate surface area is 138 Å². The quantitative estimate of drug-likeness (QED) is 0.391. The lowest BCUT2D eigenvalue weighted by atomic mass is 10.2. The minimum Gasteiger partial charge on any atom is -0.493 e. The molecule has 0 heterocycles. The average Bonchev–Trinajstić information content (AvgIpc) is 3.40. The van der Waals surface area contributed by atoms with Crippen LogP contribution in [-0.2, 0) is 11.3 Å². The standard InChI is InChI=1S/C17H27N3O3/c1-21-15-7-6-14(10-16(15)22-2)11-20-17(18)19-8-3-9-23-12-13-4-5-13/h6-7,10,13H,3-5,8-9,11-12H2,1-2H3,(H3,18,19,20). The summed E-state index contributed by atoms with van der Waals surface area (Å²) in [5.41, 5.74) is 6.88. The van der Waals surface area contributed by atoms with Gasteiger partial charge in [0, 0.05) is 19.8 Å². The number of ether oxygens (including phenoxy) is 3. The van der Waals surface area contributed by atoms with Gasteiger partial charge in [-0.05, 0) is 42.9 Å². The number of nitrogens with two attached hydrogens (primary N) is 1. The second kappa shape index (κ2) is 9.25. The first-order valence-corrected chi connectivity index (χ1v) is 8.05. The Balaban J connectivity index is 1.66. The minimum absolute atomic E-state index is 0.446. The number of hydrogen-bond acceptors (Lipinski definition) is 4. The number of nitrogens with zero attached hydrogens (tertiary/aromatic N) is 1. The summed E-state index contributed by atoms with van der Waals surface area (Å²) in [5, 5.41) is 3.10. The summed E-state index contributed by atoms with van der Waals surface area (Å²) in [6.45, 7) is 2.94. The van der Waals surface area contributed by atoms with Crippen molar-refractivity contribution < 1.29 is 14.2 Å². The second-order valence-corrected chi connectivity index (χ2v) is 5.69. The van der Waals surface area contributed by atoms with Gasteiger partial charge in [-0.1, -0.05) is 6.07 Å². The minimum atomic E-state index is 0.446. The van der Waals surface area contributed by atoms with Gasteiger partial charge in [0.05, 0.1) is 20.8 Å². The Kier molecular flexibility index (Phi) is 7.00. The largest absolute Gasteiger partial charge is 0.493 e. The topological polar surface area (TPSA) is 78.1 Å². The molecule has 1 saturated carbocycles. The zero-order chi connectivity index (χ0) is 16.5. The lowest BCUT2D eigenvalue weighted by Crippen LogP contribution is -2.32. The molecule has 6 nitrogen and oxygen atoms in total. The smallest absolute Gasteiger partial charge is 0.188 e. The maximum atomic E-state index is 5.86. The van der Waals surface area contributed by atoms with Crippen molar-refractivity contribution >= 4 is 5.96 Å². The first-order chi connectivity index (χ1) is 11.2. The summed E-state index contributed by atoms with van der Waals surface area (Å²) in [4.78, 5) is 4.33. The molecule has 6 heteroatoms. The highest BCUT2D eigenvalue weighted by molar-refractivity contribution is 5.77. The Morgan fingerprint density at radius 1 is 1.26 bits per heavy atom. The molecule has 1 aliphatic carbocycles. The van der Waals surface area contributed by atoms with Crippen molar-refractivity contribution in [1.82, 2.24) is 5.32 Å². The molecular weight excluding hydrogens is 294 g/mol. The van der Waals surface area contributed by atoms with E-state index in [9.17, 15) is 0 Å². The van der Waals surface area contributed by atoms with E-state index in [-0.39, 0.29) is 0 Å². The maximum absolute atomic E-state index is 5.86. The van der Waals surface area contributed by atoms with Gasteiger partial charge in [-0.3, -0.25) is 0 Å². The molecule has 0 aliphatic heterocycles. The molecule has 0 unspecified atom stereocenters. The first kappa shape index (κ1) is 17.4. The summed E-state index contributed by atoms with van der Waals surface area (Å²) in [6.07, 6.45) is 3.58. The van der Waals surface area contributed by atoms with Crippen LogP contribution in [0.15, 0.2) is 23.2 Å². The van der Waals surface area contributed by atoms with Crippen molar-refractivity contribution in [3.05, 3.63) is 23.8 Å². The van der Waals surface area contributed by atoms with Gasteiger partial charge in [0.1, 0.15) is 0 Å². The Morgan fingerprint density at radius 2 is 2.04 bits per heavy atom. The van der Waals surface area contributed by atoms with Crippen molar-refractivity contribution in [2.24, 2.45) is 16.6 Å². The third-order valence-corrected chi connectivity index (χ3v) is 3.70. The lowest BCUT2D eigenvalue weighted by Gasteiger charge is -2.09. The number of nitrogens with one attached hydrogen (secondary N) is 1. The molecular formula is C17H27N3O3. The fraction of sp³-hybridized carbons (Fsp3) is 0.588. The summed E-state index contributed by atoms with van der Waals surface area (Å²) in [5.74, 6) is 2.66. The number of aliphatic imine (C=N–C) groups is 1. The molecule has 3 N–H and O–H groups in total. The van der Waals surface area contributed by atoms with Gasteiger partial charge in [0.15, 0.2) is 17.5 Å². The highest BCUT2D eigenvalue weighted by Crippen LogP contribution is 2.29. The number of methoxy groups -OCH3 is 2. The molecule has 0 saturated heterocycles. The van der Waals surface area contributed by atoms with Crippen molar-refractivity contribution in [3.8, 4) is 11.5 Å². The number of benzene rings is 1. The van der Waals surface area contributed by atoms with E-state index in [2.05, 4.69) is 10.3 Å². The fourth-order valence-electron chi connectivity index (χ4n) is 2.14. The van der Waals surface area contributed by atoms with E-state index in [1.54, 1.807) is 14.2 Å². The summed E-state index contributed by atoms with van der Waals surface area (Å²) >= 11 is 0. The van der Waals surface area contributed by atoms with Gasteiger partial charge in [-0.2, -0.15) is 0 Å². The summed E-state index contributed by atoms with van der Waals surface area (Å²) in [6, 6.07) is 5.72. The molecule has 0 aromatic heterocycles. The third kappa shape index (κ3) is 6.36. The van der Waals surface area contributed by atoms with Crippen LogP contribution in [0.3, 0.4) is 0 Å². The third-order valence-electron chi connectivity index (χ3n) is 3.70. The predicted octanol–water partition coefficient (Wildman–Crippen LogP) is 1.92. The van der Waals surface area contributed by atoms with Crippen LogP contribution in [0.4, 0.5) is 0 Å². The van der Waals surface area contributed by atoms with Crippen LogP contribution >= 0.6 is 0 Å². The van der Waals surface area contributed by atoms with Crippen LogP contribution in [0.25, 0.3) is 0 Å². The molecule has 0 bridgehead atoms. The normalized spacial score (nSPS) is 14.6. The van der Waals surface area contributed by atoms with E-state index in [1.807, 2.05) is 18.2 Å². The molecule has 1 fully saturated rings. The van der Waals surface area contributed by atoms with E-state index in [4.69, 9.17) is 19.9 Å². The lowest BCUT2D eigenvalue weighted by molar-refractivity contribution is 0.123. The van der Waals surface area contributed by atoms with Crippen molar-refractivity contribution in [2.75, 3.05) is 34.0 Å². The van der Waals surface area contributed by atoms with Gasteiger partial charge >= 0.3 is 0 Å². The molecule has 0 radical (unpaired) electrons. The van der Waals surface area contributed by atoms with Gasteiger partial charge < -0.3 is 25.3 Å². The summed E-state index contributed by atoms with van der Waals surface area (Å²) < 4.78 is 16.1. The molecule has 2 rings (SSSR count). The van der Waals surface area contributed by atoms with E-state index in [1.165, 1.54) is 12.8 Å². The molecule has 128 valence electrons. The summed E-state index contributed by atoms with van der Waals surface area (Å²) in [7, 11) is 3.23. The van der Waals surface area contributed by atoms with Crippen molar-refractivity contribution in [1.29, 1.82) is 0 Å². The van der Waals surface area contributed by atoms with Crippen LogP contribution in [0.5, 0.6) is 11.5 Å². The van der Waals surface area contributed by atoms with Gasteiger partial charge in [0.2, 0.25) is 0 Å². The van der Waals surface area contributed by atoms with Crippen LogP contribution in [0, 0.1) is 5.92 Å². The predicted molar refractivity (Wildman–Crippen MR) is 91.0 cm³/mol. The van der Waals surface area contributed by atoms with Crippen LogP contribution in [-0.4, -0.2) is 39.9 Å². The van der Waals surface area contributed by atoms with Gasteiger partial charge in [0.25, 0.3) is 0 Å². The molecule has 0 amide bonds. The van der Waals surface area contributed by atoms with Gasteiger partial charge in [-0.25, -0.2) is 4.99 Å². The Bertz CT molecular complexity index is 516. The molecule has 23 heavy (non-hydrogen) atoms. The highest BCUT2D eigenvalue weighted by Gasteiger charge is 2.20. The monoisotopic (exact) mass is 321 g/mol. The molecule has 1 aliphatic rings. The molecule has 1 aromatic carbocycles. The number of guanidine groups is 1. The number of rotatable bonds is 10. The van der Waals surface area contributed by atoms with Crippen LogP contribution in [0.1, 0.15) is 24.8 Å². The molecule has 0 spiro atoms. The molecule has 0 atom stereocenters. The zero-order valence-electron chi connectivity index (χ0n) is 14.0. The first-order valence-electron chi connectivity index (χ1n) is 8.05. The van der Waals surface area contributed by atoms with E-state index < -0.39 is 0 Å². The second-order valence-electron chi connectivity index (χ2n) is 5.69. The average molecular weight is 321 g/mol. The van der Waals surface area contributed by atoms with Gasteiger partial charge in [-0.15, -0.1) is 0 Å². The van der Waals surface area contributed by atoms with Crippen molar-refractivity contribution in [2.45, 2.75) is 25.8 Å². The van der Waals surface area contributed by atoms with E-state index >= 15 is 0 Å². The SMILES string of the molecule is COc1ccc(CN=C(N)NCCCOCC2CC2)cc1OC. The van der Waals surface area contributed by atoms with E-state index in [0.29, 0.717) is 24.0 Å². The van der Waals surface area contributed by atoms with Crippen LogP contribution < -0.4 is 20.5 Å². The van der Waals surface area contributed by atoms with Crippen LogP contribution in [0.2, 0.25) is 0 Å². The Morgan fingerprint density at radius 3 is 2.74 bits per heavy atom. The Hall–Kier alpha value is -1.95. The number of hydrogen-bond donors (Lipinski definition) is 2. The maximum Gasteiger partial charge on any atom is 0.188 e.